The van der Waals surface area contributed by atoms with Crippen LogP contribution in [0.4, 0.5) is 17.3 Å². The molecular weight excluding hydrogens is 428 g/mol. The van der Waals surface area contributed by atoms with Gasteiger partial charge in [-0.2, -0.15) is 0 Å². The average Bonchev–Trinajstić information content (AvgIpc) is 3.38. The van der Waals surface area contributed by atoms with Crippen molar-refractivity contribution in [2.75, 3.05) is 23.2 Å². The van der Waals surface area contributed by atoms with Gasteiger partial charge in [-0.15, -0.1) is 11.3 Å². The summed E-state index contributed by atoms with van der Waals surface area (Å²) in [6.45, 7) is 3.58. The molecule has 10 heteroatoms. The molecule has 1 aromatic carbocycles. The van der Waals surface area contributed by atoms with Crippen LogP contribution in [-0.2, 0) is 6.54 Å². The predicted octanol–water partition coefficient (Wildman–Crippen LogP) is 4.03. The van der Waals surface area contributed by atoms with Crippen molar-refractivity contribution in [1.82, 2.24) is 14.5 Å². The first-order chi connectivity index (χ1) is 15.3. The summed E-state index contributed by atoms with van der Waals surface area (Å²) in [6, 6.07) is 10.9. The molecule has 9 nitrogen and oxygen atoms in total. The Hall–Kier alpha value is -3.47. The SMILES string of the molecule is CNc1cc2c(cc1NO)nc(NC(=O)c1ccc(-c3ccncc3)s1)n2CC(C)(C)O. The summed E-state index contributed by atoms with van der Waals surface area (Å²) in [5.74, 6) is 0.0140. The van der Waals surface area contributed by atoms with Crippen molar-refractivity contribution in [3.05, 3.63) is 53.7 Å². The minimum Gasteiger partial charge on any atom is -0.389 e. The van der Waals surface area contributed by atoms with E-state index in [1.54, 1.807) is 56.1 Å². The Labute approximate surface area is 188 Å². The second kappa shape index (κ2) is 8.58. The van der Waals surface area contributed by atoms with E-state index in [-0.39, 0.29) is 12.5 Å². The summed E-state index contributed by atoms with van der Waals surface area (Å²) in [6.07, 6.45) is 3.42. The van der Waals surface area contributed by atoms with Gasteiger partial charge in [-0.1, -0.05) is 0 Å². The molecule has 0 bridgehead atoms. The van der Waals surface area contributed by atoms with Crippen LogP contribution in [-0.4, -0.2) is 43.4 Å². The predicted molar refractivity (Wildman–Crippen MR) is 126 cm³/mol. The Bertz CT molecular complexity index is 1260. The van der Waals surface area contributed by atoms with Crippen LogP contribution in [0.1, 0.15) is 23.5 Å². The highest BCUT2D eigenvalue weighted by atomic mass is 32.1. The van der Waals surface area contributed by atoms with Crippen molar-refractivity contribution in [1.29, 1.82) is 0 Å². The number of anilines is 3. The molecule has 0 saturated carbocycles. The molecule has 0 saturated heterocycles. The van der Waals surface area contributed by atoms with Crippen LogP contribution in [0.2, 0.25) is 0 Å². The average molecular weight is 453 g/mol. The molecule has 3 heterocycles. The fourth-order valence-electron chi connectivity index (χ4n) is 3.41. The van der Waals surface area contributed by atoms with E-state index in [0.29, 0.717) is 33.2 Å². The highest BCUT2D eigenvalue weighted by Crippen LogP contribution is 2.32. The topological polar surface area (TPSA) is 124 Å². The van der Waals surface area contributed by atoms with Gasteiger partial charge in [0.1, 0.15) is 0 Å². The molecule has 5 N–H and O–H groups in total. The van der Waals surface area contributed by atoms with Gasteiger partial charge >= 0.3 is 0 Å². The second-order valence-corrected chi connectivity index (χ2v) is 9.02. The lowest BCUT2D eigenvalue weighted by atomic mass is 10.1. The maximum absolute atomic E-state index is 13.0. The highest BCUT2D eigenvalue weighted by molar-refractivity contribution is 7.17. The van der Waals surface area contributed by atoms with Gasteiger partial charge in [0.25, 0.3) is 5.91 Å². The molecule has 0 unspecified atom stereocenters. The van der Waals surface area contributed by atoms with Gasteiger partial charge in [0.05, 0.1) is 39.4 Å². The van der Waals surface area contributed by atoms with Crippen molar-refractivity contribution in [2.24, 2.45) is 0 Å². The molecule has 0 aliphatic carbocycles. The molecule has 0 fully saturated rings. The number of rotatable bonds is 7. The van der Waals surface area contributed by atoms with Crippen LogP contribution in [0, 0.1) is 0 Å². The largest absolute Gasteiger partial charge is 0.389 e. The lowest BCUT2D eigenvalue weighted by molar-refractivity contribution is 0.0630. The smallest absolute Gasteiger partial charge is 0.268 e. The van der Waals surface area contributed by atoms with Crippen LogP contribution in [0.25, 0.3) is 21.5 Å². The van der Waals surface area contributed by atoms with Gasteiger partial charge in [-0.05, 0) is 55.8 Å². The number of amides is 1. The summed E-state index contributed by atoms with van der Waals surface area (Å²) in [5.41, 5.74) is 4.45. The summed E-state index contributed by atoms with van der Waals surface area (Å²) < 4.78 is 1.76. The van der Waals surface area contributed by atoms with Gasteiger partial charge in [-0.3, -0.25) is 25.8 Å². The van der Waals surface area contributed by atoms with Crippen molar-refractivity contribution in [2.45, 2.75) is 26.0 Å². The number of aromatic nitrogens is 3. The third-order valence-corrected chi connectivity index (χ3v) is 5.98. The minimum absolute atomic E-state index is 0.209. The van der Waals surface area contributed by atoms with E-state index in [2.05, 4.69) is 26.1 Å². The van der Waals surface area contributed by atoms with Gasteiger partial charge in [-0.25, -0.2) is 4.98 Å². The van der Waals surface area contributed by atoms with Gasteiger partial charge in [0.2, 0.25) is 5.95 Å². The van der Waals surface area contributed by atoms with E-state index in [9.17, 15) is 15.1 Å². The van der Waals surface area contributed by atoms with Crippen molar-refractivity contribution < 1.29 is 15.1 Å². The van der Waals surface area contributed by atoms with Gasteiger partial charge < -0.3 is 15.0 Å². The lowest BCUT2D eigenvalue weighted by Crippen LogP contribution is -2.27. The number of carbonyl (C=O) groups excluding carboxylic acids is 1. The Morgan fingerprint density at radius 1 is 1.16 bits per heavy atom. The lowest BCUT2D eigenvalue weighted by Gasteiger charge is -2.20. The molecule has 166 valence electrons. The number of hydrogen-bond donors (Lipinski definition) is 5. The van der Waals surface area contributed by atoms with E-state index in [4.69, 9.17) is 0 Å². The van der Waals surface area contributed by atoms with E-state index in [1.807, 2.05) is 18.2 Å². The zero-order valence-electron chi connectivity index (χ0n) is 17.9. The summed E-state index contributed by atoms with van der Waals surface area (Å²) in [4.78, 5) is 23.1. The molecule has 0 aliphatic rings. The van der Waals surface area contributed by atoms with Crippen molar-refractivity contribution in [3.8, 4) is 10.4 Å². The number of benzene rings is 1. The first-order valence-corrected chi connectivity index (χ1v) is 10.8. The van der Waals surface area contributed by atoms with E-state index in [1.165, 1.54) is 11.3 Å². The molecule has 4 rings (SSSR count). The molecule has 0 atom stereocenters. The Kier molecular flexibility index (Phi) is 5.83. The standard InChI is InChI=1S/C22H24N6O3S/c1-22(2,30)12-28-17-11-14(23-3)15(27-31)10-16(17)25-21(28)26-20(29)19-5-4-18(32-19)13-6-8-24-9-7-13/h4-11,23,27,30-31H,12H2,1-3H3,(H,25,26,29). The Morgan fingerprint density at radius 2 is 1.91 bits per heavy atom. The molecule has 1 amide bonds. The molecule has 0 radical (unpaired) electrons. The first kappa shape index (κ1) is 21.8. The number of nitrogens with zero attached hydrogens (tertiary/aromatic N) is 3. The van der Waals surface area contributed by atoms with E-state index >= 15 is 0 Å². The van der Waals surface area contributed by atoms with Crippen molar-refractivity contribution >= 4 is 45.6 Å². The van der Waals surface area contributed by atoms with Gasteiger partial charge in [0, 0.05) is 24.3 Å². The fourth-order valence-corrected chi connectivity index (χ4v) is 4.31. The monoisotopic (exact) mass is 452 g/mol. The van der Waals surface area contributed by atoms with E-state index in [0.717, 1.165) is 10.4 Å². The summed E-state index contributed by atoms with van der Waals surface area (Å²) in [5, 5.41) is 25.8. The van der Waals surface area contributed by atoms with Gasteiger partial charge in [0.15, 0.2) is 0 Å². The summed E-state index contributed by atoms with van der Waals surface area (Å²) >= 11 is 1.37. The maximum Gasteiger partial charge on any atom is 0.268 e. The number of carbonyl (C=O) groups is 1. The zero-order chi connectivity index (χ0) is 22.9. The van der Waals surface area contributed by atoms with Crippen molar-refractivity contribution in [3.63, 3.8) is 0 Å². The van der Waals surface area contributed by atoms with Crippen LogP contribution in [0.3, 0.4) is 0 Å². The number of pyridine rings is 1. The molecule has 32 heavy (non-hydrogen) atoms. The highest BCUT2D eigenvalue weighted by Gasteiger charge is 2.22. The third-order valence-electron chi connectivity index (χ3n) is 4.84. The number of thiophene rings is 1. The molecule has 0 aliphatic heterocycles. The van der Waals surface area contributed by atoms with Crippen LogP contribution >= 0.6 is 11.3 Å². The quantitative estimate of drug-likeness (QED) is 0.268. The van der Waals surface area contributed by atoms with E-state index < -0.39 is 5.60 Å². The summed E-state index contributed by atoms with van der Waals surface area (Å²) in [7, 11) is 1.73. The number of aliphatic hydroxyl groups is 1. The third kappa shape index (κ3) is 4.42. The minimum atomic E-state index is -1.04. The Balaban J connectivity index is 1.71. The normalized spacial score (nSPS) is 11.5. The molecular formula is C22H24N6O3S. The molecule has 0 spiro atoms. The second-order valence-electron chi connectivity index (χ2n) is 7.94. The number of nitrogens with one attached hydrogen (secondary N) is 3. The zero-order valence-corrected chi connectivity index (χ0v) is 18.7. The number of imidazole rings is 1. The molecule has 3 aromatic heterocycles. The van der Waals surface area contributed by atoms with Crippen LogP contribution in [0.15, 0.2) is 48.8 Å². The number of hydrogen-bond acceptors (Lipinski definition) is 8. The number of fused-ring (bicyclic) bond motifs is 1. The Morgan fingerprint density at radius 3 is 2.56 bits per heavy atom. The maximum atomic E-state index is 13.0. The first-order valence-electron chi connectivity index (χ1n) is 9.95. The van der Waals surface area contributed by atoms with Crippen LogP contribution in [0.5, 0.6) is 0 Å². The molecule has 4 aromatic rings. The van der Waals surface area contributed by atoms with Crippen LogP contribution < -0.4 is 16.1 Å². The fraction of sp³-hybridized carbons (Fsp3) is 0.227.